The van der Waals surface area contributed by atoms with Gasteiger partial charge in [-0.25, -0.2) is 0 Å². The van der Waals surface area contributed by atoms with Crippen molar-refractivity contribution in [2.24, 2.45) is 0 Å². The van der Waals surface area contributed by atoms with E-state index in [0.29, 0.717) is 5.57 Å². The average molecular weight is 222 g/mol. The zero-order valence-electron chi connectivity index (χ0n) is 9.61. The van der Waals surface area contributed by atoms with Gasteiger partial charge in [-0.1, -0.05) is 24.3 Å². The summed E-state index contributed by atoms with van der Waals surface area (Å²) in [5, 5.41) is 18.0. The Morgan fingerprint density at radius 1 is 1.12 bits per heavy atom. The van der Waals surface area contributed by atoms with Crippen LogP contribution in [0.4, 0.5) is 0 Å². The molecule has 1 aromatic carbocycles. The van der Waals surface area contributed by atoms with Crippen molar-refractivity contribution in [3.05, 3.63) is 46.5 Å². The number of benzene rings is 1. The van der Waals surface area contributed by atoms with Crippen LogP contribution in [0.25, 0.3) is 11.3 Å². The van der Waals surface area contributed by atoms with Gasteiger partial charge in [-0.2, -0.15) is 10.5 Å². The second kappa shape index (κ2) is 4.15. The standard InChI is InChI=1S/C14H10N2O/c1-9-13(10(7-15)8-16)11-5-3-4-6-12(11)14(9)17-2/h3-6H,1-2H3. The van der Waals surface area contributed by atoms with Gasteiger partial charge in [-0.05, 0) is 12.5 Å². The van der Waals surface area contributed by atoms with Crippen LogP contribution in [0.1, 0.15) is 18.1 Å². The molecule has 0 atom stereocenters. The third-order valence-electron chi connectivity index (χ3n) is 2.83. The topological polar surface area (TPSA) is 56.8 Å². The highest BCUT2D eigenvalue weighted by Crippen LogP contribution is 2.42. The number of rotatable bonds is 1. The van der Waals surface area contributed by atoms with Gasteiger partial charge in [0.2, 0.25) is 0 Å². The van der Waals surface area contributed by atoms with E-state index in [1.54, 1.807) is 7.11 Å². The van der Waals surface area contributed by atoms with Crippen LogP contribution in [-0.4, -0.2) is 7.11 Å². The molecule has 0 N–H and O–H groups in total. The Balaban J connectivity index is 2.83. The molecule has 0 amide bonds. The molecule has 82 valence electrons. The first-order valence-electron chi connectivity index (χ1n) is 5.14. The van der Waals surface area contributed by atoms with Crippen LogP contribution in [-0.2, 0) is 4.74 Å². The summed E-state index contributed by atoms with van der Waals surface area (Å²) in [6, 6.07) is 11.5. The molecule has 1 aliphatic rings. The lowest BCUT2D eigenvalue weighted by molar-refractivity contribution is 0.369. The second-order valence-corrected chi connectivity index (χ2v) is 3.68. The summed E-state index contributed by atoms with van der Waals surface area (Å²) in [6.07, 6.45) is 0. The normalized spacial score (nSPS) is 12.8. The number of methoxy groups -OCH3 is 1. The molecule has 0 fully saturated rings. The van der Waals surface area contributed by atoms with Crippen molar-refractivity contribution < 1.29 is 4.74 Å². The van der Waals surface area contributed by atoms with Gasteiger partial charge in [-0.15, -0.1) is 0 Å². The lowest BCUT2D eigenvalue weighted by atomic mass is 9.99. The smallest absolute Gasteiger partial charge is 0.137 e. The molecular weight excluding hydrogens is 212 g/mol. The number of nitrogens with zero attached hydrogens (tertiary/aromatic N) is 2. The van der Waals surface area contributed by atoms with Crippen LogP contribution >= 0.6 is 0 Å². The fourth-order valence-electron chi connectivity index (χ4n) is 2.14. The van der Waals surface area contributed by atoms with Crippen molar-refractivity contribution in [3.63, 3.8) is 0 Å². The van der Waals surface area contributed by atoms with E-state index in [1.807, 2.05) is 43.3 Å². The number of ether oxygens (including phenoxy) is 1. The van der Waals surface area contributed by atoms with Gasteiger partial charge in [0, 0.05) is 16.7 Å². The Hall–Kier alpha value is -2.52. The monoisotopic (exact) mass is 222 g/mol. The highest BCUT2D eigenvalue weighted by molar-refractivity contribution is 6.00. The Morgan fingerprint density at radius 2 is 1.71 bits per heavy atom. The predicted octanol–water partition coefficient (Wildman–Crippen LogP) is 2.88. The van der Waals surface area contributed by atoms with Gasteiger partial charge < -0.3 is 4.74 Å². The quantitative estimate of drug-likeness (QED) is 0.686. The van der Waals surface area contributed by atoms with Crippen LogP contribution < -0.4 is 0 Å². The maximum atomic E-state index is 8.99. The first-order valence-corrected chi connectivity index (χ1v) is 5.14. The van der Waals surface area contributed by atoms with Gasteiger partial charge >= 0.3 is 0 Å². The Kier molecular flexibility index (Phi) is 2.68. The summed E-state index contributed by atoms with van der Waals surface area (Å²) in [6.45, 7) is 1.86. The zero-order chi connectivity index (χ0) is 12.4. The van der Waals surface area contributed by atoms with Crippen molar-refractivity contribution in [2.45, 2.75) is 6.92 Å². The van der Waals surface area contributed by atoms with Gasteiger partial charge in [0.05, 0.1) is 7.11 Å². The molecule has 2 rings (SSSR count). The molecule has 1 aromatic rings. The van der Waals surface area contributed by atoms with E-state index >= 15 is 0 Å². The van der Waals surface area contributed by atoms with Crippen molar-refractivity contribution in [1.82, 2.24) is 0 Å². The molecule has 0 aliphatic heterocycles. The second-order valence-electron chi connectivity index (χ2n) is 3.68. The number of fused-ring (bicyclic) bond motifs is 1. The van der Waals surface area contributed by atoms with Crippen LogP contribution in [0.3, 0.4) is 0 Å². The SMILES string of the molecule is COC1=C(C)C(=C(C#N)C#N)c2ccccc21. The van der Waals surface area contributed by atoms with E-state index in [2.05, 4.69) is 0 Å². The van der Waals surface area contributed by atoms with Crippen LogP contribution in [0.2, 0.25) is 0 Å². The van der Waals surface area contributed by atoms with E-state index < -0.39 is 0 Å². The van der Waals surface area contributed by atoms with Crippen molar-refractivity contribution >= 4 is 11.3 Å². The van der Waals surface area contributed by atoms with E-state index in [1.165, 1.54) is 0 Å². The minimum Gasteiger partial charge on any atom is -0.496 e. The molecule has 0 saturated carbocycles. The predicted molar refractivity (Wildman–Crippen MR) is 64.2 cm³/mol. The Morgan fingerprint density at radius 3 is 2.24 bits per heavy atom. The summed E-state index contributed by atoms with van der Waals surface area (Å²) in [5.41, 5.74) is 3.47. The lowest BCUT2D eigenvalue weighted by Crippen LogP contribution is -1.87. The largest absolute Gasteiger partial charge is 0.496 e. The Bertz CT molecular complexity index is 608. The first kappa shape index (κ1) is 11.0. The summed E-state index contributed by atoms with van der Waals surface area (Å²) in [7, 11) is 1.59. The molecule has 3 nitrogen and oxygen atoms in total. The van der Waals surface area contributed by atoms with Gasteiger partial charge in [0.15, 0.2) is 0 Å². The molecule has 0 spiro atoms. The molecule has 0 bridgehead atoms. The summed E-state index contributed by atoms with van der Waals surface area (Å²) >= 11 is 0. The summed E-state index contributed by atoms with van der Waals surface area (Å²) in [5.74, 6) is 0.735. The molecule has 0 aromatic heterocycles. The lowest BCUT2D eigenvalue weighted by Gasteiger charge is -2.02. The third-order valence-corrected chi connectivity index (χ3v) is 2.83. The van der Waals surface area contributed by atoms with Crippen molar-refractivity contribution in [3.8, 4) is 12.1 Å². The fourth-order valence-corrected chi connectivity index (χ4v) is 2.14. The van der Waals surface area contributed by atoms with Crippen molar-refractivity contribution in [1.29, 1.82) is 10.5 Å². The Labute approximate surface area is 99.9 Å². The van der Waals surface area contributed by atoms with E-state index in [4.69, 9.17) is 15.3 Å². The molecule has 0 radical (unpaired) electrons. The molecule has 1 aliphatic carbocycles. The van der Waals surface area contributed by atoms with Crippen molar-refractivity contribution in [2.75, 3.05) is 7.11 Å². The number of hydrogen-bond acceptors (Lipinski definition) is 3. The molecular formula is C14H10N2O. The van der Waals surface area contributed by atoms with Gasteiger partial charge in [0.25, 0.3) is 0 Å². The van der Waals surface area contributed by atoms with E-state index in [0.717, 1.165) is 22.5 Å². The summed E-state index contributed by atoms with van der Waals surface area (Å²) in [4.78, 5) is 0. The third kappa shape index (κ3) is 1.49. The average Bonchev–Trinajstić information content (AvgIpc) is 2.64. The number of hydrogen-bond donors (Lipinski definition) is 0. The maximum Gasteiger partial charge on any atom is 0.137 e. The minimum atomic E-state index is 0.127. The minimum absolute atomic E-state index is 0.127. The molecule has 17 heavy (non-hydrogen) atoms. The maximum absolute atomic E-state index is 8.99. The zero-order valence-corrected chi connectivity index (χ0v) is 9.61. The van der Waals surface area contributed by atoms with Crippen LogP contribution in [0.5, 0.6) is 0 Å². The molecule has 0 heterocycles. The highest BCUT2D eigenvalue weighted by atomic mass is 16.5. The van der Waals surface area contributed by atoms with Gasteiger partial charge in [0.1, 0.15) is 23.5 Å². The van der Waals surface area contributed by atoms with E-state index in [9.17, 15) is 0 Å². The van der Waals surface area contributed by atoms with Crippen LogP contribution in [0.15, 0.2) is 35.4 Å². The summed E-state index contributed by atoms with van der Waals surface area (Å²) < 4.78 is 5.35. The number of nitriles is 2. The molecule has 3 heteroatoms. The fraction of sp³-hybridized carbons (Fsp3) is 0.143. The van der Waals surface area contributed by atoms with E-state index in [-0.39, 0.29) is 5.57 Å². The van der Waals surface area contributed by atoms with Crippen LogP contribution in [0, 0.1) is 22.7 Å². The van der Waals surface area contributed by atoms with Gasteiger partial charge in [-0.3, -0.25) is 0 Å². The molecule has 0 saturated heterocycles. The number of allylic oxidation sites excluding steroid dienone is 3. The molecule has 0 unspecified atom stereocenters. The highest BCUT2D eigenvalue weighted by Gasteiger charge is 2.26. The first-order chi connectivity index (χ1) is 8.24.